The van der Waals surface area contributed by atoms with Gasteiger partial charge in [0.15, 0.2) is 23.1 Å². The van der Waals surface area contributed by atoms with E-state index in [0.717, 1.165) is 43.4 Å². The molecule has 0 amide bonds. The van der Waals surface area contributed by atoms with Gasteiger partial charge in [-0.25, -0.2) is 9.97 Å². The van der Waals surface area contributed by atoms with Crippen LogP contribution in [0.1, 0.15) is 64.7 Å². The molecule has 0 bridgehead atoms. The van der Waals surface area contributed by atoms with E-state index in [4.69, 9.17) is 33.2 Å². The van der Waals surface area contributed by atoms with Crippen molar-refractivity contribution in [2.24, 2.45) is 0 Å². The molecule has 2 heterocycles. The molecule has 0 atom stereocenters. The molecule has 8 aromatic rings. The number of carbonyl (C=O) groups excluding carboxylic acids is 4. The number of carbonyl (C=O) groups is 4. The number of fused-ring (bicyclic) bond motifs is 6. The molecule has 0 saturated carbocycles. The van der Waals surface area contributed by atoms with Crippen LogP contribution in [0.4, 0.5) is 0 Å². The fraction of sp³-hybridized carbons (Fsp3) is 0.0455. The van der Waals surface area contributed by atoms with Gasteiger partial charge in [-0.15, -0.1) is 0 Å². The molecule has 8 heteroatoms. The quantitative estimate of drug-likeness (QED) is 0.169. The molecule has 2 aliphatic carbocycles. The molecule has 0 fully saturated rings. The average molecular weight is 714 g/mol. The van der Waals surface area contributed by atoms with Gasteiger partial charge in [-0.1, -0.05) is 83.9 Å². The molecule has 2 aliphatic rings. The average Bonchev–Trinajstić information content (AvgIpc) is 3.55. The topological polar surface area (TPSA) is 94.1 Å². The molecule has 6 nitrogen and oxygen atoms in total. The van der Waals surface area contributed by atoms with E-state index in [1.807, 2.05) is 72.8 Å². The Bertz CT molecular complexity index is 2680. The van der Waals surface area contributed by atoms with Crippen LogP contribution < -0.4 is 0 Å². The Balaban J connectivity index is 0.977. The van der Waals surface area contributed by atoms with Crippen molar-refractivity contribution < 1.29 is 19.2 Å². The number of Topliss-reactive ketones (excluding diaryl/α,β-unsaturated/α-hetero) is 4. The Morgan fingerprint density at radius 1 is 0.385 bits per heavy atom. The summed E-state index contributed by atoms with van der Waals surface area (Å²) in [6.07, 6.45) is 0. The van der Waals surface area contributed by atoms with Gasteiger partial charge in [0.2, 0.25) is 0 Å². The van der Waals surface area contributed by atoms with E-state index >= 15 is 0 Å². The Morgan fingerprint density at radius 2 is 0.712 bits per heavy atom. The summed E-state index contributed by atoms with van der Waals surface area (Å²) in [6.45, 7) is 0. The molecular formula is C44H22Cl2N2O4. The number of pyridine rings is 2. The summed E-state index contributed by atoms with van der Waals surface area (Å²) >= 11 is 13.7. The second-order valence-electron chi connectivity index (χ2n) is 13.3. The maximum Gasteiger partial charge on any atom is 0.180 e. The van der Waals surface area contributed by atoms with Crippen molar-refractivity contribution >= 4 is 89.7 Å². The Labute approximate surface area is 305 Å². The zero-order chi connectivity index (χ0) is 35.4. The fourth-order valence-electron chi connectivity index (χ4n) is 7.76. The lowest BCUT2D eigenvalue weighted by Gasteiger charge is -2.12. The highest BCUT2D eigenvalue weighted by Gasteiger charge is 2.42. The number of halogens is 2. The van der Waals surface area contributed by atoms with Gasteiger partial charge in [0.25, 0.3) is 0 Å². The predicted octanol–water partition coefficient (Wildman–Crippen LogP) is 10.4. The Morgan fingerprint density at radius 3 is 1.04 bits per heavy atom. The maximum absolute atomic E-state index is 13.5. The van der Waals surface area contributed by atoms with Crippen LogP contribution in [0.2, 0.25) is 10.0 Å². The SMILES string of the molecule is O=C1c2cc3ccccc3cc2C(=O)C1c1ccc2cc(-c3cc(Cl)c4nc(C5C(=O)c6cc7ccccc7cc6C5=O)ccc4c3)cc(Cl)c2n1. The van der Waals surface area contributed by atoms with E-state index in [2.05, 4.69) is 0 Å². The van der Waals surface area contributed by atoms with E-state index in [0.29, 0.717) is 54.7 Å². The summed E-state index contributed by atoms with van der Waals surface area (Å²) in [5.41, 5.74) is 4.84. The van der Waals surface area contributed by atoms with Gasteiger partial charge in [0.05, 0.1) is 32.5 Å². The molecular weight excluding hydrogens is 691 g/mol. The Kier molecular flexibility index (Phi) is 6.62. The number of nitrogens with zero attached hydrogens (tertiary/aromatic N) is 2. The van der Waals surface area contributed by atoms with Crippen molar-refractivity contribution in [2.45, 2.75) is 11.8 Å². The van der Waals surface area contributed by atoms with E-state index in [-0.39, 0.29) is 23.1 Å². The summed E-state index contributed by atoms with van der Waals surface area (Å²) < 4.78 is 0. The second-order valence-corrected chi connectivity index (χ2v) is 14.2. The number of ketones is 4. The first-order valence-corrected chi connectivity index (χ1v) is 17.4. The summed E-state index contributed by atoms with van der Waals surface area (Å²) in [6, 6.07) is 36.9. The lowest BCUT2D eigenvalue weighted by molar-refractivity contribution is 0.0872. The van der Waals surface area contributed by atoms with Gasteiger partial charge in [-0.05, 0) is 93.3 Å². The van der Waals surface area contributed by atoms with Crippen LogP contribution in [0.25, 0.3) is 54.5 Å². The standard InChI is InChI=1S/C44H22Cl2N2O4/c45-33-19-27(13-25-9-11-35(47-39(25)33)37-41(49)29-15-21-5-1-2-6-22(21)16-30(29)42(37)50)28-14-26-10-12-36(48-40(26)34(46)20-28)38-43(51)31-17-23-7-3-4-8-24(23)18-32(31)44(38)52/h1-20,37-38H. The van der Waals surface area contributed by atoms with Gasteiger partial charge in [-0.3, -0.25) is 19.2 Å². The van der Waals surface area contributed by atoms with Gasteiger partial charge >= 0.3 is 0 Å². The smallest absolute Gasteiger partial charge is 0.180 e. The van der Waals surface area contributed by atoms with Crippen molar-refractivity contribution in [3.63, 3.8) is 0 Å². The van der Waals surface area contributed by atoms with Crippen LogP contribution in [0.15, 0.2) is 121 Å². The lowest BCUT2D eigenvalue weighted by Crippen LogP contribution is -2.14. The summed E-state index contributed by atoms with van der Waals surface area (Å²) in [5.74, 6) is -3.15. The molecule has 246 valence electrons. The molecule has 0 spiro atoms. The van der Waals surface area contributed by atoms with Crippen molar-refractivity contribution in [1.82, 2.24) is 9.97 Å². The van der Waals surface area contributed by atoms with Gasteiger partial charge < -0.3 is 0 Å². The van der Waals surface area contributed by atoms with Crippen LogP contribution in [0.5, 0.6) is 0 Å². The lowest BCUT2D eigenvalue weighted by atomic mass is 9.96. The van der Waals surface area contributed by atoms with Crippen LogP contribution in [0.3, 0.4) is 0 Å². The van der Waals surface area contributed by atoms with Crippen molar-refractivity contribution in [3.05, 3.63) is 165 Å². The minimum Gasteiger partial charge on any atom is -0.293 e. The zero-order valence-electron chi connectivity index (χ0n) is 27.0. The number of hydrogen-bond acceptors (Lipinski definition) is 6. The van der Waals surface area contributed by atoms with E-state index in [1.165, 1.54) is 0 Å². The fourth-order valence-corrected chi connectivity index (χ4v) is 8.30. The van der Waals surface area contributed by atoms with E-state index < -0.39 is 11.8 Å². The zero-order valence-corrected chi connectivity index (χ0v) is 28.5. The molecule has 0 radical (unpaired) electrons. The van der Waals surface area contributed by atoms with E-state index in [9.17, 15) is 19.2 Å². The van der Waals surface area contributed by atoms with Gasteiger partial charge in [0.1, 0.15) is 11.8 Å². The van der Waals surface area contributed by atoms with E-state index in [1.54, 1.807) is 48.5 Å². The van der Waals surface area contributed by atoms with Crippen molar-refractivity contribution in [2.75, 3.05) is 0 Å². The predicted molar refractivity (Wildman–Crippen MR) is 203 cm³/mol. The maximum atomic E-state index is 13.5. The summed E-state index contributed by atoms with van der Waals surface area (Å²) in [5, 5.41) is 5.74. The third-order valence-electron chi connectivity index (χ3n) is 10.3. The number of hydrogen-bond donors (Lipinski definition) is 0. The van der Waals surface area contributed by atoms with Crippen LogP contribution in [-0.2, 0) is 0 Å². The van der Waals surface area contributed by atoms with Crippen molar-refractivity contribution in [1.29, 1.82) is 0 Å². The monoisotopic (exact) mass is 712 g/mol. The molecule has 0 aliphatic heterocycles. The highest BCUT2D eigenvalue weighted by Crippen LogP contribution is 2.40. The summed E-state index contributed by atoms with van der Waals surface area (Å²) in [4.78, 5) is 63.6. The first-order valence-electron chi connectivity index (χ1n) is 16.7. The second kappa shape index (κ2) is 11.2. The third kappa shape index (κ3) is 4.51. The molecule has 2 aromatic heterocycles. The molecule has 0 saturated heterocycles. The molecule has 0 unspecified atom stereocenters. The highest BCUT2D eigenvalue weighted by atomic mass is 35.5. The van der Waals surface area contributed by atoms with Crippen LogP contribution >= 0.6 is 23.2 Å². The molecule has 10 rings (SSSR count). The number of benzene rings is 6. The van der Waals surface area contributed by atoms with Crippen LogP contribution in [0, 0.1) is 0 Å². The first-order chi connectivity index (χ1) is 25.2. The van der Waals surface area contributed by atoms with Crippen molar-refractivity contribution in [3.8, 4) is 11.1 Å². The minimum atomic E-state index is -1.03. The summed E-state index contributed by atoms with van der Waals surface area (Å²) in [7, 11) is 0. The normalized spacial score (nSPS) is 14.7. The minimum absolute atomic E-state index is 0.271. The number of rotatable bonds is 3. The largest absolute Gasteiger partial charge is 0.293 e. The first kappa shape index (κ1) is 30.7. The molecule has 6 aromatic carbocycles. The third-order valence-corrected chi connectivity index (χ3v) is 10.9. The molecule has 52 heavy (non-hydrogen) atoms. The molecule has 0 N–H and O–H groups in total. The van der Waals surface area contributed by atoms with Gasteiger partial charge in [-0.2, -0.15) is 0 Å². The Hall–Kier alpha value is -6.08. The van der Waals surface area contributed by atoms with Crippen LogP contribution in [-0.4, -0.2) is 33.1 Å². The number of aromatic nitrogens is 2. The highest BCUT2D eigenvalue weighted by molar-refractivity contribution is 6.37. The van der Waals surface area contributed by atoms with Gasteiger partial charge in [0, 0.05) is 33.0 Å².